The van der Waals surface area contributed by atoms with Crippen molar-refractivity contribution in [3.63, 3.8) is 0 Å². The Balaban J connectivity index is 2.46. The highest BCUT2D eigenvalue weighted by Gasteiger charge is 2.16. The number of aromatic nitrogens is 2. The van der Waals surface area contributed by atoms with Crippen molar-refractivity contribution in [1.82, 2.24) is 9.55 Å². The van der Waals surface area contributed by atoms with Crippen LogP contribution in [0.25, 0.3) is 5.69 Å². The topological polar surface area (TPSA) is 44.1 Å². The number of hydrogen-bond donors (Lipinski definition) is 0. The molecule has 0 spiro atoms. The summed E-state index contributed by atoms with van der Waals surface area (Å²) >= 11 is 5.73. The summed E-state index contributed by atoms with van der Waals surface area (Å²) in [6.45, 7) is 3.64. The second-order valence-corrected chi connectivity index (χ2v) is 4.24. The minimum Gasteiger partial charge on any atom is -0.461 e. The van der Waals surface area contributed by atoms with Crippen LogP contribution in [0.4, 0.5) is 4.39 Å². The number of imidazole rings is 1. The fourth-order valence-corrected chi connectivity index (χ4v) is 1.87. The van der Waals surface area contributed by atoms with Gasteiger partial charge in [-0.2, -0.15) is 0 Å². The van der Waals surface area contributed by atoms with Gasteiger partial charge in [-0.15, -0.1) is 0 Å². The van der Waals surface area contributed by atoms with Crippen molar-refractivity contribution >= 4 is 17.6 Å². The molecule has 0 bridgehead atoms. The van der Waals surface area contributed by atoms with E-state index in [9.17, 15) is 9.18 Å². The monoisotopic (exact) mass is 282 g/mol. The van der Waals surface area contributed by atoms with E-state index < -0.39 is 11.8 Å². The average Bonchev–Trinajstić information content (AvgIpc) is 2.75. The maximum absolute atomic E-state index is 13.9. The van der Waals surface area contributed by atoms with Crippen LogP contribution in [0, 0.1) is 12.7 Å². The van der Waals surface area contributed by atoms with Gasteiger partial charge in [0.15, 0.2) is 11.5 Å². The Bertz CT molecular complexity index is 625. The summed E-state index contributed by atoms with van der Waals surface area (Å²) in [5.74, 6) is -0.615. The number of esters is 1. The van der Waals surface area contributed by atoms with Crippen molar-refractivity contribution in [2.45, 2.75) is 13.8 Å². The molecule has 0 N–H and O–H groups in total. The first-order chi connectivity index (χ1) is 9.04. The summed E-state index contributed by atoms with van der Waals surface area (Å²) in [7, 11) is 0. The summed E-state index contributed by atoms with van der Waals surface area (Å²) < 4.78 is 20.2. The lowest BCUT2D eigenvalue weighted by molar-refractivity contribution is 0.0520. The Morgan fingerprint density at radius 2 is 2.26 bits per heavy atom. The average molecular weight is 283 g/mol. The molecule has 2 rings (SSSR count). The summed E-state index contributed by atoms with van der Waals surface area (Å²) in [4.78, 5) is 15.6. The lowest BCUT2D eigenvalue weighted by Gasteiger charge is -2.06. The number of carbonyl (C=O) groups excluding carboxylic acids is 1. The summed E-state index contributed by atoms with van der Waals surface area (Å²) in [6, 6.07) is 4.65. The van der Waals surface area contributed by atoms with E-state index >= 15 is 0 Å². The Morgan fingerprint density at radius 1 is 1.53 bits per heavy atom. The van der Waals surface area contributed by atoms with Gasteiger partial charge in [0.05, 0.1) is 17.3 Å². The van der Waals surface area contributed by atoms with E-state index in [4.69, 9.17) is 16.3 Å². The number of carbonyl (C=O) groups is 1. The molecule has 4 nitrogen and oxygen atoms in total. The molecule has 0 saturated heterocycles. The van der Waals surface area contributed by atoms with Crippen molar-refractivity contribution < 1.29 is 13.9 Å². The van der Waals surface area contributed by atoms with Crippen LogP contribution < -0.4 is 0 Å². The molecule has 1 heterocycles. The normalized spacial score (nSPS) is 10.5. The van der Waals surface area contributed by atoms with Gasteiger partial charge in [0, 0.05) is 6.20 Å². The molecule has 0 unspecified atom stereocenters. The van der Waals surface area contributed by atoms with Gasteiger partial charge < -0.3 is 9.30 Å². The molecule has 100 valence electrons. The highest BCUT2D eigenvalue weighted by Crippen LogP contribution is 2.22. The molecule has 0 aliphatic carbocycles. The minimum atomic E-state index is -0.555. The highest BCUT2D eigenvalue weighted by molar-refractivity contribution is 6.30. The maximum atomic E-state index is 13.9. The predicted molar refractivity (Wildman–Crippen MR) is 69.2 cm³/mol. The zero-order chi connectivity index (χ0) is 14.0. The smallest absolute Gasteiger partial charge is 0.358 e. The summed E-state index contributed by atoms with van der Waals surface area (Å²) in [5, 5.41) is 0.0169. The van der Waals surface area contributed by atoms with Crippen LogP contribution in [-0.2, 0) is 4.74 Å². The van der Waals surface area contributed by atoms with E-state index in [1.54, 1.807) is 26.0 Å². The molecule has 1 aromatic heterocycles. The first-order valence-corrected chi connectivity index (χ1v) is 6.10. The number of nitrogens with zero attached hydrogens (tertiary/aromatic N) is 2. The Morgan fingerprint density at radius 3 is 2.95 bits per heavy atom. The first-order valence-electron chi connectivity index (χ1n) is 5.72. The van der Waals surface area contributed by atoms with Crippen molar-refractivity contribution in [3.05, 3.63) is 46.8 Å². The molecule has 0 radical (unpaired) electrons. The lowest BCUT2D eigenvalue weighted by atomic mass is 10.3. The quantitative estimate of drug-likeness (QED) is 0.812. The van der Waals surface area contributed by atoms with Crippen LogP contribution >= 0.6 is 11.6 Å². The number of ether oxygens (including phenoxy) is 1. The second kappa shape index (κ2) is 5.40. The van der Waals surface area contributed by atoms with E-state index in [2.05, 4.69) is 4.98 Å². The van der Waals surface area contributed by atoms with Crippen molar-refractivity contribution in [2.75, 3.05) is 6.61 Å². The van der Waals surface area contributed by atoms with E-state index in [0.717, 1.165) is 0 Å². The molecule has 0 atom stereocenters. The number of aryl methyl sites for hydroxylation is 1. The summed E-state index contributed by atoms with van der Waals surface area (Å²) in [6.07, 6.45) is 1.43. The molecule has 2 aromatic rings. The fraction of sp³-hybridized carbons (Fsp3) is 0.231. The number of hydrogen-bond acceptors (Lipinski definition) is 3. The standard InChI is InChI=1S/C13H12ClFN2O2/c1-3-19-13(18)10-7-17(8(2)16-10)11-6-4-5-9(14)12(11)15/h4-7H,3H2,1-2H3. The highest BCUT2D eigenvalue weighted by atomic mass is 35.5. The van der Waals surface area contributed by atoms with Crippen LogP contribution in [0.15, 0.2) is 24.4 Å². The van der Waals surface area contributed by atoms with Gasteiger partial charge in [-0.3, -0.25) is 0 Å². The zero-order valence-electron chi connectivity index (χ0n) is 10.5. The van der Waals surface area contributed by atoms with Gasteiger partial charge in [0.25, 0.3) is 0 Å². The Labute approximate surface area is 114 Å². The first kappa shape index (κ1) is 13.5. The van der Waals surface area contributed by atoms with Gasteiger partial charge >= 0.3 is 5.97 Å². The van der Waals surface area contributed by atoms with Crippen molar-refractivity contribution in [3.8, 4) is 5.69 Å². The third kappa shape index (κ3) is 2.61. The third-order valence-corrected chi connectivity index (χ3v) is 2.85. The summed E-state index contributed by atoms with van der Waals surface area (Å²) in [5.41, 5.74) is 0.381. The molecule has 0 fully saturated rings. The third-order valence-electron chi connectivity index (χ3n) is 2.56. The van der Waals surface area contributed by atoms with Gasteiger partial charge in [-0.1, -0.05) is 17.7 Å². The predicted octanol–water partition coefficient (Wildman–Crippen LogP) is 3.15. The zero-order valence-corrected chi connectivity index (χ0v) is 11.2. The van der Waals surface area contributed by atoms with E-state index in [1.165, 1.54) is 16.8 Å². The maximum Gasteiger partial charge on any atom is 0.358 e. The van der Waals surface area contributed by atoms with Crippen LogP contribution in [0.1, 0.15) is 23.2 Å². The van der Waals surface area contributed by atoms with Gasteiger partial charge in [0.2, 0.25) is 0 Å². The molecular weight excluding hydrogens is 271 g/mol. The van der Waals surface area contributed by atoms with E-state index in [0.29, 0.717) is 5.82 Å². The van der Waals surface area contributed by atoms with Crippen LogP contribution in [-0.4, -0.2) is 22.1 Å². The SMILES string of the molecule is CCOC(=O)c1cn(-c2cccc(Cl)c2F)c(C)n1. The molecule has 19 heavy (non-hydrogen) atoms. The Kier molecular flexibility index (Phi) is 3.85. The molecule has 0 saturated carbocycles. The molecule has 1 aromatic carbocycles. The molecule has 0 amide bonds. The van der Waals surface area contributed by atoms with E-state index in [-0.39, 0.29) is 23.0 Å². The lowest BCUT2D eigenvalue weighted by Crippen LogP contribution is -2.04. The Hall–Kier alpha value is -1.88. The van der Waals surface area contributed by atoms with Crippen molar-refractivity contribution in [1.29, 1.82) is 0 Å². The van der Waals surface area contributed by atoms with Crippen LogP contribution in [0.5, 0.6) is 0 Å². The van der Waals surface area contributed by atoms with E-state index in [1.807, 2.05) is 0 Å². The fourth-order valence-electron chi connectivity index (χ4n) is 1.70. The molecule has 0 aliphatic heterocycles. The minimum absolute atomic E-state index is 0.0169. The van der Waals surface area contributed by atoms with Gasteiger partial charge in [-0.05, 0) is 26.0 Å². The van der Waals surface area contributed by atoms with Gasteiger partial charge in [0.1, 0.15) is 5.82 Å². The second-order valence-electron chi connectivity index (χ2n) is 3.84. The van der Waals surface area contributed by atoms with Crippen LogP contribution in [0.2, 0.25) is 5.02 Å². The number of rotatable bonds is 3. The molecule has 6 heteroatoms. The van der Waals surface area contributed by atoms with Gasteiger partial charge in [-0.25, -0.2) is 14.2 Å². The number of benzene rings is 1. The molecular formula is C13H12ClFN2O2. The largest absolute Gasteiger partial charge is 0.461 e. The number of halogens is 2. The van der Waals surface area contributed by atoms with Crippen LogP contribution in [0.3, 0.4) is 0 Å². The molecule has 0 aliphatic rings. The van der Waals surface area contributed by atoms with Crippen molar-refractivity contribution in [2.24, 2.45) is 0 Å².